The molecule has 0 radical (unpaired) electrons. The molecule has 9 nitrogen and oxygen atoms in total. The van der Waals surface area contributed by atoms with Crippen molar-refractivity contribution >= 4 is 0 Å². The zero-order valence-corrected chi connectivity index (χ0v) is 15.0. The van der Waals surface area contributed by atoms with Gasteiger partial charge in [0.05, 0.1) is 25.0 Å². The lowest BCUT2D eigenvalue weighted by atomic mass is 10.1. The third kappa shape index (κ3) is 3.16. The van der Waals surface area contributed by atoms with Gasteiger partial charge in [-0.1, -0.05) is 0 Å². The zero-order valence-electron chi connectivity index (χ0n) is 15.0. The van der Waals surface area contributed by atoms with E-state index in [1.165, 1.54) is 0 Å². The first-order chi connectivity index (χ1) is 13.0. The van der Waals surface area contributed by atoms with Gasteiger partial charge in [-0.3, -0.25) is 9.36 Å². The van der Waals surface area contributed by atoms with Crippen LogP contribution in [-0.4, -0.2) is 48.3 Å². The van der Waals surface area contributed by atoms with Crippen LogP contribution in [-0.2, 0) is 17.9 Å². The summed E-state index contributed by atoms with van der Waals surface area (Å²) in [5.41, 5.74) is 1.69. The standard InChI is InChI=1S/C18H23N3O6/c1-10-7-21(15-6-12(24)14(9-23)26-15)18(19-17(10)25)27-13-3-5-20-4-2-11(8-22)16(13)20/h2,4,7,12-15,22-24H,3,5-6,8-9H2,1H3/t12-,13?,14+,15+/m0/s1. The number of fused-ring (bicyclic) bond motifs is 1. The fourth-order valence-electron chi connectivity index (χ4n) is 3.78. The van der Waals surface area contributed by atoms with E-state index >= 15 is 0 Å². The second-order valence-electron chi connectivity index (χ2n) is 7.01. The molecule has 0 amide bonds. The van der Waals surface area contributed by atoms with Crippen LogP contribution in [0.3, 0.4) is 0 Å². The smallest absolute Gasteiger partial charge is 0.302 e. The molecule has 3 N–H and O–H groups in total. The van der Waals surface area contributed by atoms with Crippen LogP contribution >= 0.6 is 0 Å². The molecule has 2 aromatic rings. The van der Waals surface area contributed by atoms with Crippen molar-refractivity contribution < 1.29 is 24.8 Å². The monoisotopic (exact) mass is 377 g/mol. The average molecular weight is 377 g/mol. The van der Waals surface area contributed by atoms with Gasteiger partial charge in [0.2, 0.25) is 0 Å². The number of rotatable bonds is 5. The summed E-state index contributed by atoms with van der Waals surface area (Å²) < 4.78 is 15.4. The molecule has 0 aliphatic carbocycles. The van der Waals surface area contributed by atoms with Crippen LogP contribution in [0.2, 0.25) is 0 Å². The van der Waals surface area contributed by atoms with E-state index in [-0.39, 0.29) is 31.7 Å². The van der Waals surface area contributed by atoms with Crippen LogP contribution in [0, 0.1) is 6.92 Å². The minimum absolute atomic E-state index is 0.0908. The minimum Gasteiger partial charge on any atom is -0.455 e. The summed E-state index contributed by atoms with van der Waals surface area (Å²) in [6, 6.07) is 1.95. The summed E-state index contributed by atoms with van der Waals surface area (Å²) in [7, 11) is 0. The van der Waals surface area contributed by atoms with E-state index in [1.54, 1.807) is 17.7 Å². The molecule has 4 heterocycles. The maximum atomic E-state index is 12.1. The molecule has 2 aromatic heterocycles. The first-order valence-corrected chi connectivity index (χ1v) is 9.01. The molecular weight excluding hydrogens is 354 g/mol. The topological polar surface area (TPSA) is 119 Å². The van der Waals surface area contributed by atoms with Gasteiger partial charge in [0, 0.05) is 42.9 Å². The van der Waals surface area contributed by atoms with E-state index in [0.717, 1.165) is 17.8 Å². The number of hydrogen-bond donors (Lipinski definition) is 3. The van der Waals surface area contributed by atoms with Crippen LogP contribution in [0.5, 0.6) is 6.01 Å². The summed E-state index contributed by atoms with van der Waals surface area (Å²) in [6.07, 6.45) is 2.02. The number of aryl methyl sites for hydroxylation is 2. The molecule has 0 bridgehead atoms. The Hall–Kier alpha value is -2.20. The fourth-order valence-corrected chi connectivity index (χ4v) is 3.78. The van der Waals surface area contributed by atoms with Gasteiger partial charge in [-0.15, -0.1) is 0 Å². The first kappa shape index (κ1) is 18.2. The molecule has 0 saturated carbocycles. The largest absolute Gasteiger partial charge is 0.455 e. The molecule has 9 heteroatoms. The normalized spacial score (nSPS) is 27.1. The van der Waals surface area contributed by atoms with Crippen molar-refractivity contribution in [3.05, 3.63) is 45.6 Å². The second-order valence-corrected chi connectivity index (χ2v) is 7.01. The van der Waals surface area contributed by atoms with Crippen LogP contribution in [0.25, 0.3) is 0 Å². The van der Waals surface area contributed by atoms with Crippen LogP contribution in [0.1, 0.15) is 42.0 Å². The Balaban J connectivity index is 1.67. The van der Waals surface area contributed by atoms with E-state index < -0.39 is 24.0 Å². The summed E-state index contributed by atoms with van der Waals surface area (Å²) in [5.74, 6) is 0. The number of ether oxygens (including phenoxy) is 2. The van der Waals surface area contributed by atoms with E-state index in [4.69, 9.17) is 9.47 Å². The maximum absolute atomic E-state index is 12.1. The number of aromatic nitrogens is 3. The zero-order chi connectivity index (χ0) is 19.1. The Morgan fingerprint density at radius 2 is 2.22 bits per heavy atom. The van der Waals surface area contributed by atoms with Gasteiger partial charge < -0.3 is 29.4 Å². The number of nitrogens with zero attached hydrogens (tertiary/aromatic N) is 3. The van der Waals surface area contributed by atoms with Crippen molar-refractivity contribution in [1.29, 1.82) is 0 Å². The molecule has 1 fully saturated rings. The highest BCUT2D eigenvalue weighted by molar-refractivity contribution is 5.27. The molecule has 2 aliphatic heterocycles. The third-order valence-electron chi connectivity index (χ3n) is 5.23. The second kappa shape index (κ2) is 7.08. The van der Waals surface area contributed by atoms with Crippen LogP contribution in [0.4, 0.5) is 0 Å². The lowest BCUT2D eigenvalue weighted by molar-refractivity contribution is -0.0485. The quantitative estimate of drug-likeness (QED) is 0.671. The molecule has 0 spiro atoms. The first-order valence-electron chi connectivity index (χ1n) is 9.01. The number of aliphatic hydroxyl groups excluding tert-OH is 3. The Morgan fingerprint density at radius 3 is 2.93 bits per heavy atom. The van der Waals surface area contributed by atoms with E-state index in [2.05, 4.69) is 4.98 Å². The molecule has 146 valence electrons. The van der Waals surface area contributed by atoms with Crippen molar-refractivity contribution in [3.63, 3.8) is 0 Å². The Morgan fingerprint density at radius 1 is 1.41 bits per heavy atom. The fraction of sp³-hybridized carbons (Fsp3) is 0.556. The van der Waals surface area contributed by atoms with Gasteiger partial charge in [-0.2, -0.15) is 4.98 Å². The molecule has 1 saturated heterocycles. The van der Waals surface area contributed by atoms with Gasteiger partial charge in [-0.25, -0.2) is 0 Å². The van der Waals surface area contributed by atoms with Gasteiger partial charge in [0.1, 0.15) is 18.4 Å². The predicted octanol–water partition coefficient (Wildman–Crippen LogP) is 0.0100. The molecular formula is C18H23N3O6. The van der Waals surface area contributed by atoms with E-state index in [0.29, 0.717) is 12.0 Å². The molecule has 27 heavy (non-hydrogen) atoms. The molecule has 2 aliphatic rings. The predicted molar refractivity (Wildman–Crippen MR) is 93.2 cm³/mol. The van der Waals surface area contributed by atoms with Gasteiger partial charge in [0.15, 0.2) is 0 Å². The van der Waals surface area contributed by atoms with Gasteiger partial charge in [0.25, 0.3) is 5.56 Å². The average Bonchev–Trinajstić information content (AvgIpc) is 3.33. The van der Waals surface area contributed by atoms with Crippen LogP contribution < -0.4 is 10.3 Å². The number of hydrogen-bond acceptors (Lipinski definition) is 7. The minimum atomic E-state index is -0.808. The molecule has 1 unspecified atom stereocenters. The highest BCUT2D eigenvalue weighted by Gasteiger charge is 2.36. The maximum Gasteiger partial charge on any atom is 0.302 e. The highest BCUT2D eigenvalue weighted by Crippen LogP contribution is 2.36. The van der Waals surface area contributed by atoms with Crippen molar-refractivity contribution in [3.8, 4) is 6.01 Å². The Labute approximate surface area is 155 Å². The third-order valence-corrected chi connectivity index (χ3v) is 5.23. The lowest BCUT2D eigenvalue weighted by Gasteiger charge is -2.22. The van der Waals surface area contributed by atoms with Crippen molar-refractivity contribution in [2.45, 2.75) is 57.5 Å². The van der Waals surface area contributed by atoms with Crippen molar-refractivity contribution in [2.75, 3.05) is 6.61 Å². The lowest BCUT2D eigenvalue weighted by Crippen LogP contribution is -2.25. The van der Waals surface area contributed by atoms with Crippen molar-refractivity contribution in [2.24, 2.45) is 0 Å². The molecule has 4 atom stereocenters. The Bertz CT molecular complexity index is 892. The summed E-state index contributed by atoms with van der Waals surface area (Å²) in [6.45, 7) is 2.01. The summed E-state index contributed by atoms with van der Waals surface area (Å²) >= 11 is 0. The number of aliphatic hydroxyl groups is 3. The molecule has 4 rings (SSSR count). The SMILES string of the molecule is Cc1cn([C@H]2C[C@H](O)[C@@H](CO)O2)c(OC2CCn3ccc(CO)c32)nc1=O. The summed E-state index contributed by atoms with van der Waals surface area (Å²) in [5, 5.41) is 28.9. The van der Waals surface area contributed by atoms with E-state index in [9.17, 15) is 20.1 Å². The van der Waals surface area contributed by atoms with Crippen molar-refractivity contribution in [1.82, 2.24) is 14.1 Å². The van der Waals surface area contributed by atoms with Crippen LogP contribution in [0.15, 0.2) is 23.3 Å². The Kier molecular flexibility index (Phi) is 4.77. The van der Waals surface area contributed by atoms with E-state index in [1.807, 2.05) is 16.8 Å². The van der Waals surface area contributed by atoms with Gasteiger partial charge in [-0.05, 0) is 13.0 Å². The highest BCUT2D eigenvalue weighted by atomic mass is 16.6. The van der Waals surface area contributed by atoms with Gasteiger partial charge >= 0.3 is 6.01 Å². The molecule has 0 aromatic carbocycles. The summed E-state index contributed by atoms with van der Waals surface area (Å²) in [4.78, 5) is 16.2.